The van der Waals surface area contributed by atoms with E-state index in [-0.39, 0.29) is 28.7 Å². The summed E-state index contributed by atoms with van der Waals surface area (Å²) in [5, 5.41) is 0. The van der Waals surface area contributed by atoms with Crippen LogP contribution >= 0.6 is 11.8 Å². The molecule has 0 saturated carbocycles. The first kappa shape index (κ1) is 15.0. The highest BCUT2D eigenvalue weighted by Gasteiger charge is 2.41. The zero-order chi connectivity index (χ0) is 14.9. The predicted octanol–water partition coefficient (Wildman–Crippen LogP) is 4.01. The van der Waals surface area contributed by atoms with Crippen LogP contribution in [0.3, 0.4) is 0 Å². The van der Waals surface area contributed by atoms with Crippen molar-refractivity contribution < 1.29 is 13.9 Å². The van der Waals surface area contributed by atoms with E-state index in [4.69, 9.17) is 4.74 Å². The molecule has 3 rings (SSSR count). The van der Waals surface area contributed by atoms with Gasteiger partial charge in [-0.05, 0) is 55.7 Å². The summed E-state index contributed by atoms with van der Waals surface area (Å²) in [6.07, 6.45) is 3.48. The third-order valence-corrected chi connectivity index (χ3v) is 5.71. The number of halogens is 1. The summed E-state index contributed by atoms with van der Waals surface area (Å²) in [4.78, 5) is 12.7. The lowest BCUT2D eigenvalue weighted by molar-refractivity contribution is -0.0960. The Balaban J connectivity index is 1.79. The molecule has 0 radical (unpaired) electrons. The topological polar surface area (TPSA) is 26.3 Å². The molecule has 2 heterocycles. The van der Waals surface area contributed by atoms with E-state index in [0.717, 1.165) is 30.8 Å². The molecule has 1 aromatic carbocycles. The van der Waals surface area contributed by atoms with Crippen molar-refractivity contribution in [2.75, 3.05) is 18.1 Å². The molecule has 1 unspecified atom stereocenters. The summed E-state index contributed by atoms with van der Waals surface area (Å²) in [6.45, 7) is 2.32. The van der Waals surface area contributed by atoms with Crippen molar-refractivity contribution in [1.29, 1.82) is 0 Å². The molecule has 1 aromatic rings. The summed E-state index contributed by atoms with van der Waals surface area (Å²) in [7, 11) is 0. The van der Waals surface area contributed by atoms with Gasteiger partial charge in [0.25, 0.3) is 0 Å². The van der Waals surface area contributed by atoms with Crippen LogP contribution in [0.2, 0.25) is 0 Å². The van der Waals surface area contributed by atoms with Gasteiger partial charge in [-0.15, -0.1) is 0 Å². The third kappa shape index (κ3) is 3.02. The highest BCUT2D eigenvalue weighted by Crippen LogP contribution is 2.40. The second-order valence-corrected chi connectivity index (χ2v) is 7.36. The molecule has 2 aliphatic heterocycles. The van der Waals surface area contributed by atoms with E-state index >= 15 is 0 Å². The summed E-state index contributed by atoms with van der Waals surface area (Å²) in [6, 6.07) is 5.08. The fourth-order valence-corrected chi connectivity index (χ4v) is 4.64. The summed E-state index contributed by atoms with van der Waals surface area (Å²) in [5.41, 5.74) is 0.656. The minimum absolute atomic E-state index is 0.0444. The van der Waals surface area contributed by atoms with E-state index in [1.807, 2.05) is 11.8 Å². The van der Waals surface area contributed by atoms with Crippen molar-refractivity contribution in [3.63, 3.8) is 0 Å². The van der Waals surface area contributed by atoms with Crippen LogP contribution in [-0.4, -0.2) is 29.5 Å². The molecule has 0 aliphatic carbocycles. The zero-order valence-electron chi connectivity index (χ0n) is 12.4. The number of Topliss-reactive ketones (excluding diaryl/α,β-unsaturated/α-hetero) is 1. The molecule has 1 atom stereocenters. The number of carbonyl (C=O) groups excluding carboxylic acids is 1. The molecule has 1 spiro atoms. The van der Waals surface area contributed by atoms with Crippen LogP contribution < -0.4 is 0 Å². The Morgan fingerprint density at radius 1 is 1.38 bits per heavy atom. The number of hydrogen-bond donors (Lipinski definition) is 0. The first-order chi connectivity index (χ1) is 10.1. The third-order valence-electron chi connectivity index (χ3n) is 4.73. The first-order valence-corrected chi connectivity index (χ1v) is 8.78. The van der Waals surface area contributed by atoms with Crippen molar-refractivity contribution >= 4 is 17.5 Å². The average Bonchev–Trinajstić information content (AvgIpc) is 2.50. The predicted molar refractivity (Wildman–Crippen MR) is 83.4 cm³/mol. The van der Waals surface area contributed by atoms with E-state index in [0.29, 0.717) is 18.6 Å². The maximum atomic E-state index is 14.2. The number of hydrogen-bond acceptors (Lipinski definition) is 3. The van der Waals surface area contributed by atoms with E-state index in [1.165, 1.54) is 0 Å². The van der Waals surface area contributed by atoms with Gasteiger partial charge < -0.3 is 4.74 Å². The van der Waals surface area contributed by atoms with E-state index in [1.54, 1.807) is 25.1 Å². The van der Waals surface area contributed by atoms with Crippen LogP contribution in [-0.2, 0) is 4.74 Å². The maximum absolute atomic E-state index is 14.2. The molecule has 0 N–H and O–H groups in total. The molecule has 0 amide bonds. The molecule has 0 aromatic heterocycles. The largest absolute Gasteiger partial charge is 0.375 e. The van der Waals surface area contributed by atoms with E-state index in [9.17, 15) is 9.18 Å². The standard InChI is InChI=1S/C17H21FO2S/c1-12-3-2-4-14(15(12)18)16(19)13-5-8-20-17(11-13)6-9-21-10-7-17/h2-4,13H,5-11H2,1H3. The highest BCUT2D eigenvalue weighted by atomic mass is 32.2. The Labute approximate surface area is 129 Å². The van der Waals surface area contributed by atoms with Crippen LogP contribution in [0.1, 0.15) is 41.6 Å². The quantitative estimate of drug-likeness (QED) is 0.772. The van der Waals surface area contributed by atoms with Gasteiger partial charge in [-0.3, -0.25) is 4.79 Å². The van der Waals surface area contributed by atoms with Gasteiger partial charge in [-0.1, -0.05) is 12.1 Å². The molecule has 2 saturated heterocycles. The first-order valence-electron chi connectivity index (χ1n) is 7.62. The summed E-state index contributed by atoms with van der Waals surface area (Å²) < 4.78 is 20.2. The Kier molecular flexibility index (Phi) is 4.36. The fraction of sp³-hybridized carbons (Fsp3) is 0.588. The van der Waals surface area contributed by atoms with Gasteiger partial charge in [0, 0.05) is 12.5 Å². The van der Waals surface area contributed by atoms with Crippen molar-refractivity contribution in [3.05, 3.63) is 35.1 Å². The number of carbonyl (C=O) groups is 1. The van der Waals surface area contributed by atoms with Gasteiger partial charge in [0.1, 0.15) is 5.82 Å². The van der Waals surface area contributed by atoms with Crippen LogP contribution in [0.5, 0.6) is 0 Å². The second-order valence-electron chi connectivity index (χ2n) is 6.13. The number of ether oxygens (including phenoxy) is 1. The normalized spacial score (nSPS) is 25.0. The molecular formula is C17H21FO2S. The van der Waals surface area contributed by atoms with Crippen LogP contribution in [0.4, 0.5) is 4.39 Å². The minimum Gasteiger partial charge on any atom is -0.375 e. The van der Waals surface area contributed by atoms with Gasteiger partial charge in [0.15, 0.2) is 5.78 Å². The van der Waals surface area contributed by atoms with Crippen LogP contribution in [0.15, 0.2) is 18.2 Å². The molecule has 2 fully saturated rings. The Bertz CT molecular complexity index is 532. The fourth-order valence-electron chi connectivity index (χ4n) is 3.40. The van der Waals surface area contributed by atoms with Crippen LogP contribution in [0, 0.1) is 18.7 Å². The van der Waals surface area contributed by atoms with Crippen molar-refractivity contribution in [2.24, 2.45) is 5.92 Å². The van der Waals surface area contributed by atoms with Gasteiger partial charge in [0.05, 0.1) is 11.2 Å². The van der Waals surface area contributed by atoms with E-state index in [2.05, 4.69) is 0 Å². The van der Waals surface area contributed by atoms with Gasteiger partial charge >= 0.3 is 0 Å². The average molecular weight is 308 g/mol. The molecule has 114 valence electrons. The van der Waals surface area contributed by atoms with Crippen molar-refractivity contribution in [1.82, 2.24) is 0 Å². The SMILES string of the molecule is Cc1cccc(C(=O)C2CCOC3(CCSCC3)C2)c1F. The number of thioether (sulfide) groups is 1. The lowest BCUT2D eigenvalue weighted by Gasteiger charge is -2.43. The van der Waals surface area contributed by atoms with Crippen LogP contribution in [0.25, 0.3) is 0 Å². The number of ketones is 1. The highest BCUT2D eigenvalue weighted by molar-refractivity contribution is 7.99. The number of rotatable bonds is 2. The molecule has 21 heavy (non-hydrogen) atoms. The molecule has 0 bridgehead atoms. The molecule has 2 aliphatic rings. The number of aryl methyl sites for hydroxylation is 1. The number of benzene rings is 1. The van der Waals surface area contributed by atoms with E-state index < -0.39 is 0 Å². The zero-order valence-corrected chi connectivity index (χ0v) is 13.2. The summed E-state index contributed by atoms with van der Waals surface area (Å²) in [5.74, 6) is 1.69. The van der Waals surface area contributed by atoms with Gasteiger partial charge in [0.2, 0.25) is 0 Å². The minimum atomic E-state index is -0.359. The molecule has 2 nitrogen and oxygen atoms in total. The van der Waals surface area contributed by atoms with Gasteiger partial charge in [-0.2, -0.15) is 11.8 Å². The second kappa shape index (κ2) is 6.09. The van der Waals surface area contributed by atoms with Gasteiger partial charge in [-0.25, -0.2) is 4.39 Å². The lowest BCUT2D eigenvalue weighted by Crippen LogP contribution is -2.44. The Morgan fingerprint density at radius 3 is 2.90 bits per heavy atom. The van der Waals surface area contributed by atoms with Crippen molar-refractivity contribution in [3.8, 4) is 0 Å². The lowest BCUT2D eigenvalue weighted by atomic mass is 9.78. The Morgan fingerprint density at radius 2 is 2.14 bits per heavy atom. The molecule has 4 heteroatoms. The Hall–Kier alpha value is -0.870. The summed E-state index contributed by atoms with van der Waals surface area (Å²) >= 11 is 1.95. The maximum Gasteiger partial charge on any atom is 0.169 e. The molecular weight excluding hydrogens is 287 g/mol. The monoisotopic (exact) mass is 308 g/mol. The van der Waals surface area contributed by atoms with Crippen molar-refractivity contribution in [2.45, 2.75) is 38.2 Å². The smallest absolute Gasteiger partial charge is 0.169 e.